The standard InChI is InChI=1S/C54H66Cl2N12O8S2/c1-30(2)46-54(76)67-45(52(74)63-41(47(59)69)23-32-14-18-36(56)19-15-32)29-78-77-28-44(66-48(70)38(58)22-31-12-16-35(55)17-13-31)53(75)64-42(24-33-8-7-21-60-26-33)50(72)65-43(25-34-27-61-39-10-4-3-9-37(34)39)51(73)62-40(49(71)68-46)11-5-6-20-57/h3-4,7-10,12-19,21,26-27,30,38,40-46,61H,5-6,11,20,22-25,28-29,57-58H2,1-2H3,(H2,59,69)(H,62,73)(H,63,74)(H,64,75)(H,65,72)(H,66,70)(H,67,76)(H,68,71)/t38-,40-,41-,42+,43+,44+,45-,46-/m0/s1. The largest absolute Gasteiger partial charge is 0.368 e. The molecule has 6 rings (SSSR count). The summed E-state index contributed by atoms with van der Waals surface area (Å²) >= 11 is 12.2. The maximum atomic E-state index is 14.8. The minimum absolute atomic E-state index is 0.0121. The van der Waals surface area contributed by atoms with Gasteiger partial charge < -0.3 is 59.4 Å². The Kier molecular flexibility index (Phi) is 23.2. The number of H-pyrrole nitrogens is 1. The van der Waals surface area contributed by atoms with E-state index in [1.54, 1.807) is 86.9 Å². The van der Waals surface area contributed by atoms with E-state index in [4.69, 9.17) is 40.4 Å². The average Bonchev–Trinajstić information content (AvgIpc) is 3.88. The molecular formula is C54H66Cl2N12O8S2. The number of amides is 8. The van der Waals surface area contributed by atoms with Crippen molar-refractivity contribution in [2.75, 3.05) is 18.1 Å². The van der Waals surface area contributed by atoms with Crippen molar-refractivity contribution in [3.8, 4) is 0 Å². The molecule has 0 radical (unpaired) electrons. The van der Waals surface area contributed by atoms with Gasteiger partial charge >= 0.3 is 0 Å². The Hall–Kier alpha value is -6.69. The molecule has 2 aromatic heterocycles. The third-order valence-electron chi connectivity index (χ3n) is 12.9. The summed E-state index contributed by atoms with van der Waals surface area (Å²) in [6.07, 6.45) is 5.66. The van der Waals surface area contributed by atoms with Crippen LogP contribution in [0.4, 0.5) is 0 Å². The Morgan fingerprint density at radius 1 is 0.705 bits per heavy atom. The van der Waals surface area contributed by atoms with E-state index in [9.17, 15) is 38.4 Å². The first-order valence-electron chi connectivity index (χ1n) is 25.4. The number of nitrogens with one attached hydrogen (secondary N) is 8. The highest BCUT2D eigenvalue weighted by atomic mass is 35.5. The summed E-state index contributed by atoms with van der Waals surface area (Å²) < 4.78 is 0. The Labute approximate surface area is 470 Å². The summed E-state index contributed by atoms with van der Waals surface area (Å²) in [4.78, 5) is 122. The van der Waals surface area contributed by atoms with Crippen LogP contribution in [0.1, 0.15) is 55.4 Å². The van der Waals surface area contributed by atoms with E-state index < -0.39 is 102 Å². The fourth-order valence-corrected chi connectivity index (χ4v) is 11.1. The fourth-order valence-electron chi connectivity index (χ4n) is 8.52. The van der Waals surface area contributed by atoms with Gasteiger partial charge in [-0.1, -0.05) is 107 Å². The minimum Gasteiger partial charge on any atom is -0.368 e. The number of aromatic amines is 1. The van der Waals surface area contributed by atoms with Gasteiger partial charge in [-0.15, -0.1) is 0 Å². The smallest absolute Gasteiger partial charge is 0.244 e. The maximum absolute atomic E-state index is 14.8. The summed E-state index contributed by atoms with van der Waals surface area (Å²) in [5, 5.41) is 21.2. The highest BCUT2D eigenvalue weighted by molar-refractivity contribution is 8.76. The van der Waals surface area contributed by atoms with E-state index in [-0.39, 0.29) is 43.6 Å². The lowest BCUT2D eigenvalue weighted by atomic mass is 10.00. The number of para-hydroxylation sites is 1. The van der Waals surface area contributed by atoms with E-state index >= 15 is 0 Å². The first kappa shape index (κ1) is 60.5. The van der Waals surface area contributed by atoms with Crippen LogP contribution >= 0.6 is 44.8 Å². The molecule has 5 aromatic rings. The lowest BCUT2D eigenvalue weighted by Crippen LogP contribution is -2.61. The first-order chi connectivity index (χ1) is 37.4. The number of benzene rings is 3. The quantitative estimate of drug-likeness (QED) is 0.0445. The number of nitrogens with two attached hydrogens (primary N) is 3. The summed E-state index contributed by atoms with van der Waals surface area (Å²) in [5.41, 5.74) is 21.4. The number of fused-ring (bicyclic) bond motifs is 1. The number of hydrogen-bond acceptors (Lipinski definition) is 13. The number of nitrogens with zero attached hydrogens (tertiary/aromatic N) is 1. The van der Waals surface area contributed by atoms with Gasteiger partial charge in [0, 0.05) is 70.3 Å². The topological polar surface area (TPSA) is 328 Å². The Balaban J connectivity index is 1.38. The van der Waals surface area contributed by atoms with Crippen LogP contribution in [-0.4, -0.2) is 124 Å². The zero-order chi connectivity index (χ0) is 56.3. The van der Waals surface area contributed by atoms with E-state index in [1.165, 1.54) is 6.20 Å². The molecule has 1 aliphatic rings. The summed E-state index contributed by atoms with van der Waals surface area (Å²) in [7, 11) is 2.11. The highest BCUT2D eigenvalue weighted by Gasteiger charge is 2.36. The minimum atomic E-state index is -1.38. The molecule has 0 bridgehead atoms. The SMILES string of the molecule is CC(C)[C@@H]1NC(=O)[C@H](CCCCN)NC(=O)[C@@H](Cc2c[nH]c3ccccc23)NC(=O)[C@@H](Cc2cccnc2)NC(=O)[C@H](NC(=O)[C@@H](N)Cc2ccc(Cl)cc2)CSSC[C@@H](C(=O)N[C@@H](Cc2ccc(Cl)cc2)C(N)=O)NC1=O. The van der Waals surface area contributed by atoms with Crippen molar-refractivity contribution in [3.63, 3.8) is 0 Å². The van der Waals surface area contributed by atoms with Crippen LogP contribution in [0.25, 0.3) is 10.9 Å². The van der Waals surface area contributed by atoms with E-state index in [2.05, 4.69) is 47.2 Å². The monoisotopic (exact) mass is 1140 g/mol. The van der Waals surface area contributed by atoms with Crippen molar-refractivity contribution in [3.05, 3.63) is 136 Å². The van der Waals surface area contributed by atoms with Crippen LogP contribution in [0.3, 0.4) is 0 Å². The lowest BCUT2D eigenvalue weighted by Gasteiger charge is -2.29. The number of unbranched alkanes of at least 4 members (excludes halogenated alkanes) is 1. The van der Waals surface area contributed by atoms with Crippen LogP contribution < -0.4 is 54.4 Å². The molecule has 24 heteroatoms. The average molecular weight is 1150 g/mol. The molecule has 3 heterocycles. The molecule has 1 aliphatic heterocycles. The van der Waals surface area contributed by atoms with Crippen molar-refractivity contribution in [1.82, 2.24) is 47.2 Å². The molecule has 8 amide bonds. The third-order valence-corrected chi connectivity index (χ3v) is 15.8. The molecule has 20 nitrogen and oxygen atoms in total. The zero-order valence-electron chi connectivity index (χ0n) is 43.1. The molecule has 416 valence electrons. The van der Waals surface area contributed by atoms with Crippen molar-refractivity contribution < 1.29 is 38.4 Å². The van der Waals surface area contributed by atoms with Gasteiger partial charge in [-0.25, -0.2) is 0 Å². The Bertz CT molecular complexity index is 2870. The fraction of sp³-hybridized carbons (Fsp3) is 0.389. The van der Waals surface area contributed by atoms with Crippen molar-refractivity contribution in [2.24, 2.45) is 23.1 Å². The van der Waals surface area contributed by atoms with Gasteiger partial charge in [0.15, 0.2) is 0 Å². The predicted octanol–water partition coefficient (Wildman–Crippen LogP) is 2.53. The van der Waals surface area contributed by atoms with Crippen molar-refractivity contribution in [2.45, 2.75) is 107 Å². The molecule has 1 fully saturated rings. The van der Waals surface area contributed by atoms with Crippen molar-refractivity contribution in [1.29, 1.82) is 0 Å². The number of halogens is 2. The van der Waals surface area contributed by atoms with E-state index in [0.717, 1.165) is 32.5 Å². The number of carbonyl (C=O) groups excluding carboxylic acids is 8. The molecule has 3 aromatic carbocycles. The van der Waals surface area contributed by atoms with Gasteiger partial charge in [-0.05, 0) is 96.8 Å². The molecule has 1 saturated heterocycles. The second-order valence-electron chi connectivity index (χ2n) is 19.2. The number of hydrogen-bond donors (Lipinski definition) is 11. The molecular weight excluding hydrogens is 1080 g/mol. The second-order valence-corrected chi connectivity index (χ2v) is 22.7. The van der Waals surface area contributed by atoms with Gasteiger partial charge in [0.25, 0.3) is 0 Å². The van der Waals surface area contributed by atoms with Gasteiger partial charge in [0.2, 0.25) is 47.3 Å². The van der Waals surface area contributed by atoms with Crippen LogP contribution in [0, 0.1) is 5.92 Å². The summed E-state index contributed by atoms with van der Waals surface area (Å²) in [6, 6.07) is 13.8. The Morgan fingerprint density at radius 2 is 1.32 bits per heavy atom. The number of rotatable bonds is 18. The molecule has 0 unspecified atom stereocenters. The second kappa shape index (κ2) is 29.9. The van der Waals surface area contributed by atoms with Gasteiger partial charge in [-0.2, -0.15) is 0 Å². The van der Waals surface area contributed by atoms with Gasteiger partial charge in [0.1, 0.15) is 42.3 Å². The summed E-state index contributed by atoms with van der Waals surface area (Å²) in [6.45, 7) is 3.67. The van der Waals surface area contributed by atoms with Gasteiger partial charge in [0.05, 0.1) is 6.04 Å². The molecule has 0 aliphatic carbocycles. The molecule has 8 atom stereocenters. The molecule has 14 N–H and O–H groups in total. The number of pyridine rings is 1. The van der Waals surface area contributed by atoms with Crippen LogP contribution in [0.2, 0.25) is 10.0 Å². The number of carbonyl (C=O) groups is 8. The summed E-state index contributed by atoms with van der Waals surface area (Å²) in [5.74, 6) is -7.04. The maximum Gasteiger partial charge on any atom is 0.244 e. The van der Waals surface area contributed by atoms with Gasteiger partial charge in [-0.3, -0.25) is 43.3 Å². The lowest BCUT2D eigenvalue weighted by molar-refractivity contribution is -0.136. The van der Waals surface area contributed by atoms with E-state index in [1.807, 2.05) is 24.3 Å². The highest BCUT2D eigenvalue weighted by Crippen LogP contribution is 2.25. The van der Waals surface area contributed by atoms with Crippen molar-refractivity contribution >= 4 is 103 Å². The first-order valence-corrected chi connectivity index (χ1v) is 28.7. The van der Waals surface area contributed by atoms with Crippen LogP contribution in [-0.2, 0) is 64.0 Å². The van der Waals surface area contributed by atoms with Crippen LogP contribution in [0.5, 0.6) is 0 Å². The number of aromatic nitrogens is 2. The zero-order valence-corrected chi connectivity index (χ0v) is 46.2. The normalized spacial score (nSPS) is 21.0. The number of primary amides is 1. The molecule has 78 heavy (non-hydrogen) atoms. The Morgan fingerprint density at radius 3 is 1.96 bits per heavy atom. The molecule has 0 saturated carbocycles. The predicted molar refractivity (Wildman–Crippen MR) is 304 cm³/mol. The van der Waals surface area contributed by atoms with Crippen LogP contribution in [0.15, 0.2) is 104 Å². The van der Waals surface area contributed by atoms with E-state index in [0.29, 0.717) is 51.7 Å². The third kappa shape index (κ3) is 18.2. The molecule has 0 spiro atoms.